The van der Waals surface area contributed by atoms with Crippen LogP contribution in [0, 0.1) is 5.92 Å². The number of rotatable bonds is 7. The summed E-state index contributed by atoms with van der Waals surface area (Å²) in [5.41, 5.74) is 3.39. The summed E-state index contributed by atoms with van der Waals surface area (Å²) < 4.78 is 5.56. The maximum atomic E-state index is 13.5. The lowest BCUT2D eigenvalue weighted by Gasteiger charge is -2.38. The second-order valence-electron chi connectivity index (χ2n) is 10.3. The Hall–Kier alpha value is -3.22. The average molecular weight is 491 g/mol. The van der Waals surface area contributed by atoms with Gasteiger partial charge in [-0.15, -0.1) is 0 Å². The number of piperazine rings is 1. The quantitative estimate of drug-likeness (QED) is 0.582. The van der Waals surface area contributed by atoms with Crippen molar-refractivity contribution >= 4 is 28.9 Å². The summed E-state index contributed by atoms with van der Waals surface area (Å²) in [5, 5.41) is 6.34. The highest BCUT2D eigenvalue weighted by Crippen LogP contribution is 2.32. The Morgan fingerprint density at radius 2 is 1.53 bits per heavy atom. The third kappa shape index (κ3) is 5.45. The lowest BCUT2D eigenvalue weighted by atomic mass is 9.85. The molecule has 1 heterocycles. The van der Waals surface area contributed by atoms with Crippen LogP contribution >= 0.6 is 0 Å². The van der Waals surface area contributed by atoms with Gasteiger partial charge in [0.25, 0.3) is 5.91 Å². The van der Waals surface area contributed by atoms with Gasteiger partial charge in [-0.1, -0.05) is 37.8 Å². The van der Waals surface area contributed by atoms with Gasteiger partial charge in [0.15, 0.2) is 0 Å². The van der Waals surface area contributed by atoms with Gasteiger partial charge in [-0.2, -0.15) is 0 Å². The van der Waals surface area contributed by atoms with Crippen LogP contribution in [0.3, 0.4) is 0 Å². The Balaban J connectivity index is 1.33. The summed E-state index contributed by atoms with van der Waals surface area (Å²) in [6.07, 6.45) is 8.68. The first-order valence-corrected chi connectivity index (χ1v) is 13.5. The molecule has 0 unspecified atom stereocenters. The van der Waals surface area contributed by atoms with Crippen molar-refractivity contribution in [2.24, 2.45) is 5.92 Å². The minimum atomic E-state index is -0.0381. The Labute approximate surface area is 214 Å². The van der Waals surface area contributed by atoms with E-state index < -0.39 is 0 Å². The van der Waals surface area contributed by atoms with Crippen molar-refractivity contribution in [3.05, 3.63) is 48.0 Å². The summed E-state index contributed by atoms with van der Waals surface area (Å²) >= 11 is 0. The number of hydrogen-bond donors (Lipinski definition) is 2. The molecule has 5 rings (SSSR count). The first-order valence-electron chi connectivity index (χ1n) is 13.5. The molecule has 1 saturated heterocycles. The summed E-state index contributed by atoms with van der Waals surface area (Å²) in [6.45, 7) is 3.28. The van der Waals surface area contributed by atoms with Gasteiger partial charge in [-0.3, -0.25) is 9.59 Å². The predicted molar refractivity (Wildman–Crippen MR) is 144 cm³/mol. The second kappa shape index (κ2) is 11.2. The van der Waals surface area contributed by atoms with Crippen LogP contribution in [0.25, 0.3) is 0 Å². The van der Waals surface area contributed by atoms with Crippen molar-refractivity contribution in [1.82, 2.24) is 5.32 Å². The largest absolute Gasteiger partial charge is 0.495 e. The van der Waals surface area contributed by atoms with E-state index in [1.807, 2.05) is 36.4 Å². The molecule has 7 nitrogen and oxygen atoms in total. The highest BCUT2D eigenvalue weighted by molar-refractivity contribution is 6.02. The normalized spacial score (nSPS) is 18.9. The number of benzene rings is 2. The van der Waals surface area contributed by atoms with Gasteiger partial charge >= 0.3 is 0 Å². The van der Waals surface area contributed by atoms with Crippen LogP contribution in [0.1, 0.15) is 61.7 Å². The fourth-order valence-electron chi connectivity index (χ4n) is 5.58. The number of hydrogen-bond acceptors (Lipinski definition) is 5. The minimum absolute atomic E-state index is 0.0381. The molecule has 2 aromatic rings. The van der Waals surface area contributed by atoms with Crippen LogP contribution in [0.5, 0.6) is 5.75 Å². The molecule has 0 aromatic heterocycles. The van der Waals surface area contributed by atoms with Gasteiger partial charge < -0.3 is 25.2 Å². The van der Waals surface area contributed by atoms with Gasteiger partial charge in [-0.05, 0) is 56.0 Å². The lowest BCUT2D eigenvalue weighted by molar-refractivity contribution is -0.122. The van der Waals surface area contributed by atoms with E-state index in [1.165, 1.54) is 19.3 Å². The van der Waals surface area contributed by atoms with Crippen molar-refractivity contribution in [3.8, 4) is 5.75 Å². The fourth-order valence-corrected chi connectivity index (χ4v) is 5.58. The number of methoxy groups -OCH3 is 1. The minimum Gasteiger partial charge on any atom is -0.495 e. The fraction of sp³-hybridized carbons (Fsp3) is 0.517. The first kappa shape index (κ1) is 24.5. The van der Waals surface area contributed by atoms with Gasteiger partial charge in [0.1, 0.15) is 5.75 Å². The molecule has 2 N–H and O–H groups in total. The molecule has 0 atom stereocenters. The predicted octanol–water partition coefficient (Wildman–Crippen LogP) is 4.82. The Kier molecular flexibility index (Phi) is 7.63. The number of amides is 2. The molecule has 7 heteroatoms. The first-order chi connectivity index (χ1) is 17.6. The molecule has 0 spiro atoms. The van der Waals surface area contributed by atoms with E-state index in [9.17, 15) is 9.59 Å². The Bertz CT molecular complexity index is 1070. The molecule has 2 amide bonds. The summed E-state index contributed by atoms with van der Waals surface area (Å²) in [6, 6.07) is 14.2. The van der Waals surface area contributed by atoms with E-state index in [4.69, 9.17) is 4.74 Å². The topological polar surface area (TPSA) is 73.9 Å². The molecule has 192 valence electrons. The molecule has 2 saturated carbocycles. The van der Waals surface area contributed by atoms with Gasteiger partial charge in [0.2, 0.25) is 5.91 Å². The average Bonchev–Trinajstić information content (AvgIpc) is 2.88. The van der Waals surface area contributed by atoms with Crippen molar-refractivity contribution in [3.63, 3.8) is 0 Å². The third-order valence-electron chi connectivity index (χ3n) is 7.97. The number of carbonyl (C=O) groups is 2. The number of para-hydroxylation sites is 2. The maximum Gasteiger partial charge on any atom is 0.253 e. The zero-order valence-corrected chi connectivity index (χ0v) is 21.3. The van der Waals surface area contributed by atoms with Crippen LogP contribution in [-0.4, -0.2) is 51.1 Å². The van der Waals surface area contributed by atoms with Gasteiger partial charge in [0, 0.05) is 49.5 Å². The van der Waals surface area contributed by atoms with E-state index in [0.29, 0.717) is 11.3 Å². The second-order valence-corrected chi connectivity index (χ2v) is 10.3. The van der Waals surface area contributed by atoms with E-state index in [2.05, 4.69) is 26.5 Å². The molecular weight excluding hydrogens is 452 g/mol. The Morgan fingerprint density at radius 3 is 2.19 bits per heavy atom. The van der Waals surface area contributed by atoms with Crippen LogP contribution < -0.4 is 25.2 Å². The highest BCUT2D eigenvalue weighted by Gasteiger charge is 2.27. The van der Waals surface area contributed by atoms with Gasteiger partial charge in [0.05, 0.1) is 18.4 Å². The molecule has 2 aliphatic carbocycles. The number of nitrogens with one attached hydrogen (secondary N) is 2. The molecule has 0 radical (unpaired) electrons. The molecule has 1 aliphatic heterocycles. The van der Waals surface area contributed by atoms with E-state index in [1.54, 1.807) is 7.11 Å². The van der Waals surface area contributed by atoms with Crippen molar-refractivity contribution in [2.45, 2.75) is 57.4 Å². The maximum absolute atomic E-state index is 13.5. The van der Waals surface area contributed by atoms with E-state index in [-0.39, 0.29) is 23.8 Å². The number of anilines is 3. The number of carbonyl (C=O) groups excluding carboxylic acids is 2. The summed E-state index contributed by atoms with van der Waals surface area (Å²) in [7, 11) is 1.71. The number of nitrogens with zero attached hydrogens (tertiary/aromatic N) is 2. The molecule has 3 aliphatic rings. The van der Waals surface area contributed by atoms with Crippen molar-refractivity contribution in [1.29, 1.82) is 0 Å². The molecule has 2 aromatic carbocycles. The standard InChI is InChI=1S/C29H38N4O3/c1-36-27-13-6-5-12-26(27)33-18-16-32(17-19-33)25-15-14-23(31-28(34)21-8-7-9-21)20-24(25)29(35)30-22-10-3-2-4-11-22/h5-6,12-15,20-22H,2-4,7-11,16-19H2,1H3,(H,30,35)(H,31,34). The smallest absolute Gasteiger partial charge is 0.253 e. The lowest BCUT2D eigenvalue weighted by Crippen LogP contribution is -2.47. The van der Waals surface area contributed by atoms with E-state index in [0.717, 1.165) is 75.4 Å². The van der Waals surface area contributed by atoms with Crippen LogP contribution in [-0.2, 0) is 4.79 Å². The summed E-state index contributed by atoms with van der Waals surface area (Å²) in [5.74, 6) is 1.01. The van der Waals surface area contributed by atoms with Crippen LogP contribution in [0.15, 0.2) is 42.5 Å². The SMILES string of the molecule is COc1ccccc1N1CCN(c2ccc(NC(=O)C3CCC3)cc2C(=O)NC2CCCCC2)CC1. The molecular formula is C29H38N4O3. The van der Waals surface area contributed by atoms with Crippen molar-refractivity contribution in [2.75, 3.05) is 48.4 Å². The number of ether oxygens (including phenoxy) is 1. The van der Waals surface area contributed by atoms with Crippen LogP contribution in [0.4, 0.5) is 17.1 Å². The molecule has 36 heavy (non-hydrogen) atoms. The molecule has 0 bridgehead atoms. The Morgan fingerprint density at radius 1 is 0.833 bits per heavy atom. The van der Waals surface area contributed by atoms with Crippen molar-refractivity contribution < 1.29 is 14.3 Å². The third-order valence-corrected chi connectivity index (χ3v) is 7.97. The monoisotopic (exact) mass is 490 g/mol. The van der Waals surface area contributed by atoms with E-state index >= 15 is 0 Å². The zero-order valence-electron chi connectivity index (χ0n) is 21.3. The van der Waals surface area contributed by atoms with Crippen LogP contribution in [0.2, 0.25) is 0 Å². The molecule has 3 fully saturated rings. The van der Waals surface area contributed by atoms with Gasteiger partial charge in [-0.25, -0.2) is 0 Å². The zero-order chi connectivity index (χ0) is 24.9. The highest BCUT2D eigenvalue weighted by atomic mass is 16.5. The summed E-state index contributed by atoms with van der Waals surface area (Å²) in [4.78, 5) is 30.7.